The number of rotatable bonds is 4. The summed E-state index contributed by atoms with van der Waals surface area (Å²) in [5, 5.41) is 13.6. The van der Waals surface area contributed by atoms with Crippen molar-refractivity contribution >= 4 is 17.7 Å². The molecule has 2 aromatic rings. The van der Waals surface area contributed by atoms with Gasteiger partial charge >= 0.3 is 6.09 Å². The maximum absolute atomic E-state index is 14.2. The molecule has 0 saturated carbocycles. The van der Waals surface area contributed by atoms with Crippen LogP contribution < -0.4 is 10.1 Å². The molecule has 156 valence electrons. The number of pyridine rings is 1. The van der Waals surface area contributed by atoms with Crippen LogP contribution in [-0.2, 0) is 12.1 Å². The van der Waals surface area contributed by atoms with E-state index in [9.17, 15) is 14.3 Å². The number of hydrogen-bond donors (Lipinski definition) is 2. The van der Waals surface area contributed by atoms with Crippen LogP contribution >= 0.6 is 11.6 Å². The highest BCUT2D eigenvalue weighted by molar-refractivity contribution is 6.30. The summed E-state index contributed by atoms with van der Waals surface area (Å²) in [7, 11) is 0. The van der Waals surface area contributed by atoms with Gasteiger partial charge < -0.3 is 15.2 Å². The zero-order chi connectivity index (χ0) is 21.2. The molecule has 1 aliphatic heterocycles. The van der Waals surface area contributed by atoms with Crippen LogP contribution in [0.1, 0.15) is 31.9 Å². The van der Waals surface area contributed by atoms with E-state index < -0.39 is 22.9 Å². The summed E-state index contributed by atoms with van der Waals surface area (Å²) >= 11 is 5.81. The molecule has 1 aromatic carbocycles. The van der Waals surface area contributed by atoms with Crippen LogP contribution in [-0.4, -0.2) is 40.7 Å². The Balaban J connectivity index is 2.03. The topological polar surface area (TPSA) is 74.7 Å². The first-order valence-corrected chi connectivity index (χ1v) is 9.78. The number of hydrogen-bond acceptors (Lipinski definition) is 4. The molecule has 3 rings (SSSR count). The number of carboxylic acid groups (broad SMARTS) is 1. The van der Waals surface area contributed by atoms with Crippen LogP contribution in [0.2, 0.25) is 5.02 Å². The molecule has 29 heavy (non-hydrogen) atoms. The number of amides is 1. The highest BCUT2D eigenvalue weighted by atomic mass is 35.5. The molecule has 0 aliphatic carbocycles. The van der Waals surface area contributed by atoms with Gasteiger partial charge in [-0.2, -0.15) is 0 Å². The summed E-state index contributed by atoms with van der Waals surface area (Å²) in [5.41, 5.74) is -0.380. The molecular formula is C21H25ClFN3O3. The number of aromatic nitrogens is 1. The summed E-state index contributed by atoms with van der Waals surface area (Å²) in [6.07, 6.45) is 0.578. The molecule has 0 bridgehead atoms. The molecule has 6 nitrogen and oxygen atoms in total. The fourth-order valence-electron chi connectivity index (χ4n) is 3.93. The van der Waals surface area contributed by atoms with Crippen LogP contribution in [0, 0.1) is 11.2 Å². The third-order valence-corrected chi connectivity index (χ3v) is 5.66. The lowest BCUT2D eigenvalue weighted by atomic mass is 9.67. The minimum Gasteiger partial charge on any atom is -0.472 e. The molecule has 0 radical (unpaired) electrons. The molecule has 1 fully saturated rings. The minimum absolute atomic E-state index is 0.0479. The van der Waals surface area contributed by atoms with Gasteiger partial charge in [-0.25, -0.2) is 14.2 Å². The molecule has 2 heterocycles. The number of benzene rings is 1. The molecule has 1 saturated heterocycles. The molecule has 1 atom stereocenters. The molecule has 8 heteroatoms. The van der Waals surface area contributed by atoms with E-state index in [0.717, 1.165) is 0 Å². The van der Waals surface area contributed by atoms with E-state index in [2.05, 4.69) is 10.3 Å². The summed E-state index contributed by atoms with van der Waals surface area (Å²) in [4.78, 5) is 17.9. The summed E-state index contributed by atoms with van der Waals surface area (Å²) < 4.78 is 20.1. The van der Waals surface area contributed by atoms with Crippen molar-refractivity contribution in [3.05, 3.63) is 58.5 Å². The van der Waals surface area contributed by atoms with E-state index in [1.807, 2.05) is 26.8 Å². The fraction of sp³-hybridized carbons (Fsp3) is 0.429. The van der Waals surface area contributed by atoms with Gasteiger partial charge in [0.15, 0.2) is 0 Å². The normalized spacial score (nSPS) is 19.8. The predicted molar refractivity (Wildman–Crippen MR) is 109 cm³/mol. The number of carbonyl (C=O) groups is 1. The molecule has 1 aromatic heterocycles. The van der Waals surface area contributed by atoms with Crippen molar-refractivity contribution < 1.29 is 19.0 Å². The zero-order valence-electron chi connectivity index (χ0n) is 16.7. The molecule has 2 N–H and O–H groups in total. The summed E-state index contributed by atoms with van der Waals surface area (Å²) in [5.74, 6) is -0.182. The lowest BCUT2D eigenvalue weighted by molar-refractivity contribution is -0.0206. The Morgan fingerprint density at radius 3 is 2.83 bits per heavy atom. The molecule has 1 amide bonds. The quantitative estimate of drug-likeness (QED) is 0.770. The van der Waals surface area contributed by atoms with Gasteiger partial charge in [0, 0.05) is 42.0 Å². The van der Waals surface area contributed by atoms with Crippen molar-refractivity contribution in [2.24, 2.45) is 5.41 Å². The van der Waals surface area contributed by atoms with Gasteiger partial charge in [-0.3, -0.25) is 4.90 Å². The van der Waals surface area contributed by atoms with E-state index in [0.29, 0.717) is 35.8 Å². The van der Waals surface area contributed by atoms with Crippen molar-refractivity contribution in [1.29, 1.82) is 0 Å². The van der Waals surface area contributed by atoms with E-state index in [-0.39, 0.29) is 12.5 Å². The highest BCUT2D eigenvalue weighted by Gasteiger charge is 2.53. The van der Waals surface area contributed by atoms with Crippen molar-refractivity contribution in [3.8, 4) is 5.88 Å². The van der Waals surface area contributed by atoms with Crippen LogP contribution in [0.25, 0.3) is 0 Å². The fourth-order valence-corrected chi connectivity index (χ4v) is 4.08. The molecule has 0 spiro atoms. The Labute approximate surface area is 174 Å². The Kier molecular flexibility index (Phi) is 6.00. The average Bonchev–Trinajstić information content (AvgIpc) is 2.66. The van der Waals surface area contributed by atoms with Crippen molar-refractivity contribution in [2.45, 2.75) is 32.9 Å². The van der Waals surface area contributed by atoms with Crippen molar-refractivity contribution in [1.82, 2.24) is 15.2 Å². The van der Waals surface area contributed by atoms with Gasteiger partial charge in [-0.15, -0.1) is 0 Å². The first-order valence-electron chi connectivity index (χ1n) is 9.40. The number of nitrogens with one attached hydrogen (secondary N) is 1. The standard InChI is InChI=1S/C21H25ClFN3O3/c1-20(2,3)21(13-24-9-10-26(21)19(27)28)16-5-4-8-25-18(16)29-12-14-6-7-15(22)11-17(14)23/h4-8,11,24H,9-10,12-13H2,1-3H3,(H,27,28). The highest BCUT2D eigenvalue weighted by Crippen LogP contribution is 2.47. The van der Waals surface area contributed by atoms with E-state index in [1.54, 1.807) is 24.4 Å². The van der Waals surface area contributed by atoms with E-state index >= 15 is 0 Å². The van der Waals surface area contributed by atoms with Gasteiger partial charge in [0.05, 0.1) is 5.54 Å². The first-order chi connectivity index (χ1) is 13.7. The summed E-state index contributed by atoms with van der Waals surface area (Å²) in [6, 6.07) is 7.97. The number of ether oxygens (including phenoxy) is 1. The Morgan fingerprint density at radius 2 is 2.17 bits per heavy atom. The smallest absolute Gasteiger partial charge is 0.408 e. The number of piperazine rings is 1. The zero-order valence-corrected chi connectivity index (χ0v) is 17.5. The van der Waals surface area contributed by atoms with Crippen LogP contribution in [0.4, 0.5) is 9.18 Å². The second-order valence-corrected chi connectivity index (χ2v) is 8.54. The maximum Gasteiger partial charge on any atom is 0.408 e. The predicted octanol–water partition coefficient (Wildman–Crippen LogP) is 4.28. The van der Waals surface area contributed by atoms with Gasteiger partial charge in [-0.05, 0) is 29.7 Å². The van der Waals surface area contributed by atoms with Crippen molar-refractivity contribution in [2.75, 3.05) is 19.6 Å². The summed E-state index contributed by atoms with van der Waals surface area (Å²) in [6.45, 7) is 7.25. The van der Waals surface area contributed by atoms with Gasteiger partial charge in [0.1, 0.15) is 12.4 Å². The second kappa shape index (κ2) is 8.16. The Morgan fingerprint density at radius 1 is 1.41 bits per heavy atom. The van der Waals surface area contributed by atoms with Gasteiger partial charge in [0.25, 0.3) is 0 Å². The molecular weight excluding hydrogens is 397 g/mol. The second-order valence-electron chi connectivity index (χ2n) is 8.10. The Bertz CT molecular complexity index is 903. The minimum atomic E-state index is -1.00. The lowest BCUT2D eigenvalue weighted by Crippen LogP contribution is -2.66. The SMILES string of the molecule is CC(C)(C)C1(c2cccnc2OCc2ccc(Cl)cc2F)CNCCN1C(=O)O. The first kappa shape index (κ1) is 21.3. The Hall–Kier alpha value is -2.38. The third-order valence-electron chi connectivity index (χ3n) is 5.42. The van der Waals surface area contributed by atoms with Crippen LogP contribution in [0.15, 0.2) is 36.5 Å². The van der Waals surface area contributed by atoms with Gasteiger partial charge in [0.2, 0.25) is 5.88 Å². The largest absolute Gasteiger partial charge is 0.472 e. The van der Waals surface area contributed by atoms with E-state index in [4.69, 9.17) is 16.3 Å². The number of nitrogens with zero attached hydrogens (tertiary/aromatic N) is 2. The lowest BCUT2D eigenvalue weighted by Gasteiger charge is -2.54. The van der Waals surface area contributed by atoms with Gasteiger partial charge in [-0.1, -0.05) is 38.4 Å². The van der Waals surface area contributed by atoms with Crippen LogP contribution in [0.5, 0.6) is 5.88 Å². The third kappa shape index (κ3) is 4.02. The maximum atomic E-state index is 14.2. The van der Waals surface area contributed by atoms with Crippen molar-refractivity contribution in [3.63, 3.8) is 0 Å². The molecule has 1 unspecified atom stereocenters. The monoisotopic (exact) mass is 421 g/mol. The molecule has 1 aliphatic rings. The number of halogens is 2. The average molecular weight is 422 g/mol. The van der Waals surface area contributed by atoms with E-state index in [1.165, 1.54) is 11.0 Å². The van der Waals surface area contributed by atoms with Crippen LogP contribution in [0.3, 0.4) is 0 Å².